The number of hydrogen-bond acceptors (Lipinski definition) is 5. The van der Waals surface area contributed by atoms with Crippen LogP contribution in [0.15, 0.2) is 0 Å². The van der Waals surface area contributed by atoms with Crippen molar-refractivity contribution in [2.75, 3.05) is 66.7 Å². The molecule has 1 fully saturated rings. The number of likely N-dealkylation sites (tertiary alicyclic amines) is 1. The highest BCUT2D eigenvalue weighted by atomic mass is 16.5. The van der Waals surface area contributed by atoms with E-state index >= 15 is 0 Å². The van der Waals surface area contributed by atoms with Crippen molar-refractivity contribution in [2.24, 2.45) is 5.92 Å². The molecule has 0 aliphatic carbocycles. The van der Waals surface area contributed by atoms with Gasteiger partial charge in [-0.2, -0.15) is 0 Å². The van der Waals surface area contributed by atoms with E-state index in [0.29, 0.717) is 25.6 Å². The van der Waals surface area contributed by atoms with Gasteiger partial charge in [-0.15, -0.1) is 0 Å². The van der Waals surface area contributed by atoms with Gasteiger partial charge in [-0.25, -0.2) is 0 Å². The summed E-state index contributed by atoms with van der Waals surface area (Å²) >= 11 is 0. The SMILES string of the molecule is COCCCNC(=O)CN1CCCC(CNCCOC)C1. The third-order valence-electron chi connectivity index (χ3n) is 3.73. The van der Waals surface area contributed by atoms with Gasteiger partial charge < -0.3 is 20.1 Å². The second kappa shape index (κ2) is 11.9. The molecule has 1 rings (SSSR count). The molecular weight excluding hydrogens is 270 g/mol. The van der Waals surface area contributed by atoms with Crippen LogP contribution in [0.5, 0.6) is 0 Å². The van der Waals surface area contributed by atoms with Gasteiger partial charge in [-0.1, -0.05) is 0 Å². The zero-order valence-electron chi connectivity index (χ0n) is 13.5. The summed E-state index contributed by atoms with van der Waals surface area (Å²) in [6.07, 6.45) is 3.29. The zero-order chi connectivity index (χ0) is 15.3. The minimum Gasteiger partial charge on any atom is -0.385 e. The van der Waals surface area contributed by atoms with Gasteiger partial charge in [0.15, 0.2) is 0 Å². The minimum atomic E-state index is 0.124. The van der Waals surface area contributed by atoms with E-state index in [0.717, 1.165) is 39.2 Å². The van der Waals surface area contributed by atoms with Crippen LogP contribution in [0.1, 0.15) is 19.3 Å². The third-order valence-corrected chi connectivity index (χ3v) is 3.73. The molecule has 1 unspecified atom stereocenters. The van der Waals surface area contributed by atoms with Gasteiger partial charge >= 0.3 is 0 Å². The van der Waals surface area contributed by atoms with Crippen LogP contribution in [0, 0.1) is 5.92 Å². The summed E-state index contributed by atoms with van der Waals surface area (Å²) in [4.78, 5) is 14.1. The Kier molecular flexibility index (Phi) is 10.4. The van der Waals surface area contributed by atoms with Crippen LogP contribution in [-0.2, 0) is 14.3 Å². The van der Waals surface area contributed by atoms with Crippen LogP contribution in [0.3, 0.4) is 0 Å². The van der Waals surface area contributed by atoms with Crippen molar-refractivity contribution < 1.29 is 14.3 Å². The lowest BCUT2D eigenvalue weighted by Gasteiger charge is -2.32. The van der Waals surface area contributed by atoms with Crippen LogP contribution in [0.4, 0.5) is 0 Å². The minimum absolute atomic E-state index is 0.124. The molecule has 0 aromatic carbocycles. The monoisotopic (exact) mass is 301 g/mol. The Balaban J connectivity index is 2.12. The number of nitrogens with zero attached hydrogens (tertiary/aromatic N) is 1. The predicted molar refractivity (Wildman–Crippen MR) is 83.4 cm³/mol. The van der Waals surface area contributed by atoms with Gasteiger partial charge in [-0.05, 0) is 38.3 Å². The first-order valence-corrected chi connectivity index (χ1v) is 7.94. The van der Waals surface area contributed by atoms with E-state index in [-0.39, 0.29) is 5.91 Å². The van der Waals surface area contributed by atoms with E-state index in [1.54, 1.807) is 14.2 Å². The lowest BCUT2D eigenvalue weighted by molar-refractivity contribution is -0.122. The van der Waals surface area contributed by atoms with Crippen molar-refractivity contribution in [3.05, 3.63) is 0 Å². The van der Waals surface area contributed by atoms with E-state index in [2.05, 4.69) is 15.5 Å². The molecule has 1 aliphatic heterocycles. The number of piperidine rings is 1. The topological polar surface area (TPSA) is 62.8 Å². The summed E-state index contributed by atoms with van der Waals surface area (Å²) < 4.78 is 9.99. The second-order valence-electron chi connectivity index (χ2n) is 5.64. The molecule has 2 N–H and O–H groups in total. The molecule has 1 saturated heterocycles. The van der Waals surface area contributed by atoms with Crippen LogP contribution >= 0.6 is 0 Å². The number of carbonyl (C=O) groups excluding carboxylic acids is 1. The summed E-state index contributed by atoms with van der Waals surface area (Å²) in [5.74, 6) is 0.760. The number of nitrogens with one attached hydrogen (secondary N) is 2. The quantitative estimate of drug-likeness (QED) is 0.530. The first-order valence-electron chi connectivity index (χ1n) is 7.94. The predicted octanol–water partition coefficient (Wildman–Crippen LogP) is 0.0871. The van der Waals surface area contributed by atoms with Crippen molar-refractivity contribution >= 4 is 5.91 Å². The van der Waals surface area contributed by atoms with Gasteiger partial charge in [0.05, 0.1) is 13.2 Å². The Hall–Kier alpha value is -0.690. The first kappa shape index (κ1) is 18.4. The smallest absolute Gasteiger partial charge is 0.234 e. The molecule has 0 aromatic heterocycles. The number of ether oxygens (including phenoxy) is 2. The second-order valence-corrected chi connectivity index (χ2v) is 5.64. The lowest BCUT2D eigenvalue weighted by atomic mass is 9.98. The fourth-order valence-electron chi connectivity index (χ4n) is 2.65. The fourth-order valence-corrected chi connectivity index (χ4v) is 2.65. The highest BCUT2D eigenvalue weighted by molar-refractivity contribution is 5.77. The van der Waals surface area contributed by atoms with Crippen molar-refractivity contribution in [1.82, 2.24) is 15.5 Å². The maximum atomic E-state index is 11.9. The molecule has 6 nitrogen and oxygen atoms in total. The Morgan fingerprint density at radius 2 is 2.05 bits per heavy atom. The van der Waals surface area contributed by atoms with Gasteiger partial charge in [0.25, 0.3) is 0 Å². The maximum Gasteiger partial charge on any atom is 0.234 e. The highest BCUT2D eigenvalue weighted by Gasteiger charge is 2.21. The van der Waals surface area contributed by atoms with Crippen LogP contribution in [-0.4, -0.2) is 77.5 Å². The van der Waals surface area contributed by atoms with Crippen molar-refractivity contribution in [2.45, 2.75) is 19.3 Å². The molecule has 0 bridgehead atoms. The van der Waals surface area contributed by atoms with Crippen LogP contribution in [0.2, 0.25) is 0 Å². The molecule has 21 heavy (non-hydrogen) atoms. The molecule has 124 valence electrons. The summed E-state index contributed by atoms with van der Waals surface area (Å²) in [6, 6.07) is 0. The summed E-state index contributed by atoms with van der Waals surface area (Å²) in [6.45, 7) is 6.59. The molecule has 0 spiro atoms. The van der Waals surface area contributed by atoms with E-state index in [9.17, 15) is 4.79 Å². The average Bonchev–Trinajstić information content (AvgIpc) is 2.49. The van der Waals surface area contributed by atoms with Gasteiger partial charge in [-0.3, -0.25) is 9.69 Å². The molecule has 0 saturated carbocycles. The Bertz CT molecular complexity index is 277. The van der Waals surface area contributed by atoms with E-state index in [1.807, 2.05) is 0 Å². The molecule has 0 radical (unpaired) electrons. The average molecular weight is 301 g/mol. The zero-order valence-corrected chi connectivity index (χ0v) is 13.5. The van der Waals surface area contributed by atoms with Crippen LogP contribution < -0.4 is 10.6 Å². The summed E-state index contributed by atoms with van der Waals surface area (Å²) in [5, 5.41) is 6.36. The Labute approximate surface area is 128 Å². The normalized spacial score (nSPS) is 19.6. The molecule has 1 atom stereocenters. The van der Waals surface area contributed by atoms with Crippen LogP contribution in [0.25, 0.3) is 0 Å². The van der Waals surface area contributed by atoms with E-state index in [4.69, 9.17) is 9.47 Å². The van der Waals surface area contributed by atoms with Crippen molar-refractivity contribution in [3.63, 3.8) is 0 Å². The standard InChI is InChI=1S/C15H31N3O3/c1-20-9-4-6-17-15(19)13-18-8-3-5-14(12-18)11-16-7-10-21-2/h14,16H,3-13H2,1-2H3,(H,17,19). The molecule has 1 amide bonds. The Morgan fingerprint density at radius 3 is 2.81 bits per heavy atom. The van der Waals surface area contributed by atoms with E-state index < -0.39 is 0 Å². The number of amides is 1. The first-order chi connectivity index (χ1) is 10.3. The number of rotatable bonds is 11. The largest absolute Gasteiger partial charge is 0.385 e. The van der Waals surface area contributed by atoms with Crippen molar-refractivity contribution in [1.29, 1.82) is 0 Å². The van der Waals surface area contributed by atoms with E-state index in [1.165, 1.54) is 12.8 Å². The Morgan fingerprint density at radius 1 is 1.24 bits per heavy atom. The summed E-state index contributed by atoms with van der Waals surface area (Å²) in [7, 11) is 3.39. The number of hydrogen-bond donors (Lipinski definition) is 2. The lowest BCUT2D eigenvalue weighted by Crippen LogP contribution is -2.45. The molecule has 1 aliphatic rings. The van der Waals surface area contributed by atoms with Gasteiger partial charge in [0.1, 0.15) is 0 Å². The number of carbonyl (C=O) groups is 1. The van der Waals surface area contributed by atoms with Crippen molar-refractivity contribution in [3.8, 4) is 0 Å². The molecule has 0 aromatic rings. The molecule has 1 heterocycles. The summed E-state index contributed by atoms with van der Waals surface area (Å²) in [5.41, 5.74) is 0. The fraction of sp³-hybridized carbons (Fsp3) is 0.933. The number of methoxy groups -OCH3 is 2. The molecule has 6 heteroatoms. The van der Waals surface area contributed by atoms with Gasteiger partial charge in [0, 0.05) is 40.5 Å². The third kappa shape index (κ3) is 9.03. The highest BCUT2D eigenvalue weighted by Crippen LogP contribution is 2.15. The molecular formula is C15H31N3O3. The van der Waals surface area contributed by atoms with Gasteiger partial charge in [0.2, 0.25) is 5.91 Å². The maximum absolute atomic E-state index is 11.9.